The summed E-state index contributed by atoms with van der Waals surface area (Å²) in [5.74, 6) is -0.588. The average Bonchev–Trinajstić information content (AvgIpc) is 2.79. The Balaban J connectivity index is 2.15. The van der Waals surface area contributed by atoms with Gasteiger partial charge in [0.15, 0.2) is 5.11 Å². The van der Waals surface area contributed by atoms with Crippen molar-refractivity contribution in [1.82, 2.24) is 9.78 Å². The van der Waals surface area contributed by atoms with E-state index in [0.717, 1.165) is 0 Å². The van der Waals surface area contributed by atoms with Gasteiger partial charge >= 0.3 is 0 Å². The maximum Gasteiger partial charge on any atom is 0.269 e. The highest BCUT2D eigenvalue weighted by atomic mass is 35.5. The zero-order valence-corrected chi connectivity index (χ0v) is 13.9. The molecule has 2 rings (SSSR count). The molecule has 4 N–H and O–H groups in total. The number of benzene rings is 1. The number of thiocarbonyl (C=S) groups is 1. The van der Waals surface area contributed by atoms with E-state index in [4.69, 9.17) is 41.2 Å². The first-order chi connectivity index (χ1) is 10.4. The summed E-state index contributed by atoms with van der Waals surface area (Å²) >= 11 is 17.0. The van der Waals surface area contributed by atoms with Crippen molar-refractivity contribution in [2.24, 2.45) is 5.73 Å². The monoisotopic (exact) mass is 357 g/mol. The van der Waals surface area contributed by atoms with Crippen LogP contribution in [0.1, 0.15) is 17.4 Å². The summed E-state index contributed by atoms with van der Waals surface area (Å²) in [5, 5.41) is 11.1. The van der Waals surface area contributed by atoms with Crippen molar-refractivity contribution in [3.8, 4) is 0 Å². The molecule has 0 aliphatic rings. The number of anilines is 2. The lowest BCUT2D eigenvalue weighted by atomic mass is 10.3. The fraction of sp³-hybridized carbons (Fsp3) is 0.154. The molecule has 1 aromatic heterocycles. The van der Waals surface area contributed by atoms with Crippen molar-refractivity contribution in [3.05, 3.63) is 40.1 Å². The molecule has 0 saturated carbocycles. The zero-order chi connectivity index (χ0) is 16.3. The predicted molar refractivity (Wildman–Crippen MR) is 92.7 cm³/mol. The molecule has 9 heteroatoms. The number of carbonyl (C=O) groups is 1. The lowest BCUT2D eigenvalue weighted by Crippen LogP contribution is -2.23. The van der Waals surface area contributed by atoms with E-state index in [2.05, 4.69) is 15.7 Å². The number of primary amides is 1. The molecule has 0 aliphatic carbocycles. The molecule has 0 bridgehead atoms. The van der Waals surface area contributed by atoms with E-state index in [0.29, 0.717) is 28.0 Å². The summed E-state index contributed by atoms with van der Waals surface area (Å²) in [5.41, 5.74) is 6.68. The lowest BCUT2D eigenvalue weighted by molar-refractivity contribution is 0.0991. The molecular weight excluding hydrogens is 345 g/mol. The third kappa shape index (κ3) is 3.88. The second-order valence-corrected chi connectivity index (χ2v) is 5.61. The van der Waals surface area contributed by atoms with Crippen LogP contribution < -0.4 is 16.4 Å². The highest BCUT2D eigenvalue weighted by Gasteiger charge is 2.16. The maximum atomic E-state index is 11.5. The third-order valence-electron chi connectivity index (χ3n) is 2.74. The second kappa shape index (κ2) is 6.95. The quantitative estimate of drug-likeness (QED) is 0.732. The van der Waals surface area contributed by atoms with E-state index in [9.17, 15) is 4.79 Å². The minimum Gasteiger partial charge on any atom is -0.364 e. The number of hydrogen-bond donors (Lipinski definition) is 3. The van der Waals surface area contributed by atoms with Crippen molar-refractivity contribution >= 4 is 57.8 Å². The molecule has 0 atom stereocenters. The molecule has 2 aromatic rings. The van der Waals surface area contributed by atoms with Gasteiger partial charge < -0.3 is 16.4 Å². The van der Waals surface area contributed by atoms with Crippen LogP contribution >= 0.6 is 35.4 Å². The molecule has 1 heterocycles. The number of nitrogens with one attached hydrogen (secondary N) is 2. The molecule has 1 aromatic carbocycles. The summed E-state index contributed by atoms with van der Waals surface area (Å²) in [7, 11) is 0. The molecular formula is C13H13Cl2N5OS. The Hall–Kier alpha value is -1.83. The van der Waals surface area contributed by atoms with Crippen LogP contribution in [0.15, 0.2) is 24.4 Å². The van der Waals surface area contributed by atoms with Gasteiger partial charge in [-0.05, 0) is 37.3 Å². The van der Waals surface area contributed by atoms with Gasteiger partial charge in [-0.1, -0.05) is 23.2 Å². The summed E-state index contributed by atoms with van der Waals surface area (Å²) in [4.78, 5) is 11.5. The van der Waals surface area contributed by atoms with Crippen molar-refractivity contribution in [2.45, 2.75) is 13.5 Å². The number of rotatable bonds is 4. The van der Waals surface area contributed by atoms with Crippen LogP contribution in [0.5, 0.6) is 0 Å². The summed E-state index contributed by atoms with van der Waals surface area (Å²) < 4.78 is 1.49. The topological polar surface area (TPSA) is 85.0 Å². The van der Waals surface area contributed by atoms with Gasteiger partial charge in [0.1, 0.15) is 5.69 Å². The zero-order valence-electron chi connectivity index (χ0n) is 11.6. The number of carbonyl (C=O) groups excluding carboxylic acids is 1. The summed E-state index contributed by atoms with van der Waals surface area (Å²) in [6.07, 6.45) is 1.49. The highest BCUT2D eigenvalue weighted by Crippen LogP contribution is 2.23. The van der Waals surface area contributed by atoms with E-state index < -0.39 is 5.91 Å². The molecule has 1 amide bonds. The van der Waals surface area contributed by atoms with E-state index in [1.165, 1.54) is 10.9 Å². The van der Waals surface area contributed by atoms with Gasteiger partial charge in [0, 0.05) is 22.3 Å². The number of nitrogens with two attached hydrogens (primary N) is 1. The molecule has 22 heavy (non-hydrogen) atoms. The first kappa shape index (κ1) is 16.5. The van der Waals surface area contributed by atoms with Crippen LogP contribution in [0.4, 0.5) is 11.4 Å². The van der Waals surface area contributed by atoms with Crippen LogP contribution in [-0.4, -0.2) is 20.8 Å². The fourth-order valence-electron chi connectivity index (χ4n) is 1.89. The van der Waals surface area contributed by atoms with Gasteiger partial charge in [0.2, 0.25) is 0 Å². The number of hydrogen-bond acceptors (Lipinski definition) is 3. The molecule has 0 saturated heterocycles. The number of halogens is 2. The molecule has 116 valence electrons. The Morgan fingerprint density at radius 3 is 2.50 bits per heavy atom. The van der Waals surface area contributed by atoms with Gasteiger partial charge in [-0.15, -0.1) is 0 Å². The largest absolute Gasteiger partial charge is 0.364 e. The SMILES string of the molecule is CCn1ncc(NC(=S)Nc2cc(Cl)cc(Cl)c2)c1C(N)=O. The third-order valence-corrected chi connectivity index (χ3v) is 3.38. The minimum absolute atomic E-state index is 0.260. The Labute approximate surface area is 142 Å². The van der Waals surface area contributed by atoms with Gasteiger partial charge in [-0.25, -0.2) is 0 Å². The molecule has 0 fully saturated rings. The maximum absolute atomic E-state index is 11.5. The van der Waals surface area contributed by atoms with E-state index in [1.807, 2.05) is 6.92 Å². The van der Waals surface area contributed by atoms with E-state index >= 15 is 0 Å². The molecule has 6 nitrogen and oxygen atoms in total. The molecule has 0 unspecified atom stereocenters. The van der Waals surface area contributed by atoms with Crippen molar-refractivity contribution in [3.63, 3.8) is 0 Å². The molecule has 0 radical (unpaired) electrons. The van der Waals surface area contributed by atoms with Crippen LogP contribution in [-0.2, 0) is 6.54 Å². The number of aromatic nitrogens is 2. The van der Waals surface area contributed by atoms with Crippen molar-refractivity contribution in [1.29, 1.82) is 0 Å². The van der Waals surface area contributed by atoms with Crippen LogP contribution in [0, 0.1) is 0 Å². The molecule has 0 aliphatic heterocycles. The number of aryl methyl sites for hydroxylation is 1. The predicted octanol–water partition coefficient (Wildman–Crippen LogP) is 3.12. The summed E-state index contributed by atoms with van der Waals surface area (Å²) in [6.45, 7) is 2.37. The van der Waals surface area contributed by atoms with Crippen LogP contribution in [0.3, 0.4) is 0 Å². The minimum atomic E-state index is -0.588. The lowest BCUT2D eigenvalue weighted by Gasteiger charge is -2.11. The van der Waals surface area contributed by atoms with Gasteiger partial charge in [0.25, 0.3) is 5.91 Å². The van der Waals surface area contributed by atoms with Crippen molar-refractivity contribution < 1.29 is 4.79 Å². The van der Waals surface area contributed by atoms with E-state index in [1.54, 1.807) is 18.2 Å². The highest BCUT2D eigenvalue weighted by molar-refractivity contribution is 7.80. The van der Waals surface area contributed by atoms with Gasteiger partial charge in [0.05, 0.1) is 11.9 Å². The van der Waals surface area contributed by atoms with Crippen molar-refractivity contribution in [2.75, 3.05) is 10.6 Å². The average molecular weight is 358 g/mol. The summed E-state index contributed by atoms with van der Waals surface area (Å²) in [6, 6.07) is 4.96. The first-order valence-electron chi connectivity index (χ1n) is 6.30. The Morgan fingerprint density at radius 1 is 1.32 bits per heavy atom. The second-order valence-electron chi connectivity index (χ2n) is 4.32. The van der Waals surface area contributed by atoms with E-state index in [-0.39, 0.29) is 10.8 Å². The fourth-order valence-corrected chi connectivity index (χ4v) is 2.64. The van der Waals surface area contributed by atoms with Crippen LogP contribution in [0.2, 0.25) is 10.0 Å². The smallest absolute Gasteiger partial charge is 0.269 e. The first-order valence-corrected chi connectivity index (χ1v) is 7.46. The van der Waals surface area contributed by atoms with Gasteiger partial charge in [-0.3, -0.25) is 9.48 Å². The number of nitrogens with zero attached hydrogens (tertiary/aromatic N) is 2. The number of amides is 1. The normalized spacial score (nSPS) is 10.3. The standard InChI is InChI=1S/C13H13Cl2N5OS/c1-2-20-11(12(16)21)10(6-17-20)19-13(22)18-9-4-7(14)3-8(15)5-9/h3-6H,2H2,1H3,(H2,16,21)(H2,18,19,22). The van der Waals surface area contributed by atoms with Crippen LogP contribution in [0.25, 0.3) is 0 Å². The molecule has 0 spiro atoms. The Kier molecular flexibility index (Phi) is 5.23. The Bertz CT molecular complexity index is 711. The Morgan fingerprint density at radius 2 is 1.95 bits per heavy atom. The van der Waals surface area contributed by atoms with Gasteiger partial charge in [-0.2, -0.15) is 5.10 Å².